The lowest BCUT2D eigenvalue weighted by Crippen LogP contribution is -2.53. The van der Waals surface area contributed by atoms with Gasteiger partial charge in [-0.1, -0.05) is 24.3 Å². The van der Waals surface area contributed by atoms with E-state index in [0.717, 1.165) is 66.6 Å². The van der Waals surface area contributed by atoms with Crippen molar-refractivity contribution in [3.05, 3.63) is 84.8 Å². The van der Waals surface area contributed by atoms with Crippen molar-refractivity contribution in [1.82, 2.24) is 24.8 Å². The van der Waals surface area contributed by atoms with Crippen LogP contribution < -0.4 is 5.32 Å². The zero-order chi connectivity index (χ0) is 27.5. The summed E-state index contributed by atoms with van der Waals surface area (Å²) in [6, 6.07) is 21.9. The van der Waals surface area contributed by atoms with E-state index in [9.17, 15) is 0 Å². The maximum atomic E-state index is 4.91. The minimum Gasteiger partial charge on any atom is -0.367 e. The quantitative estimate of drug-likeness (QED) is 0.284. The van der Waals surface area contributed by atoms with Gasteiger partial charge in [0, 0.05) is 74.0 Å². The van der Waals surface area contributed by atoms with Crippen LogP contribution in [0.2, 0.25) is 0 Å². The molecule has 1 N–H and O–H groups in total. The van der Waals surface area contributed by atoms with Gasteiger partial charge in [-0.05, 0) is 93.1 Å². The predicted molar refractivity (Wildman–Crippen MR) is 164 cm³/mol. The van der Waals surface area contributed by atoms with Crippen LogP contribution in [0.5, 0.6) is 0 Å². The number of rotatable bonds is 7. The van der Waals surface area contributed by atoms with Gasteiger partial charge < -0.3 is 5.32 Å². The van der Waals surface area contributed by atoms with Gasteiger partial charge in [-0.2, -0.15) is 0 Å². The Labute approximate surface area is 238 Å². The fourth-order valence-corrected chi connectivity index (χ4v) is 5.62. The third-order valence-electron chi connectivity index (χ3n) is 8.27. The highest BCUT2D eigenvalue weighted by molar-refractivity contribution is 5.76. The Kier molecular flexibility index (Phi) is 7.63. The molecule has 6 nitrogen and oxygen atoms in total. The molecule has 2 fully saturated rings. The molecular weight excluding hydrogens is 492 g/mol. The fourth-order valence-electron chi connectivity index (χ4n) is 5.62. The number of nitrogens with zero attached hydrogens (tertiary/aromatic N) is 5. The number of benzene rings is 1. The second-order valence-corrected chi connectivity index (χ2v) is 12.2. The lowest BCUT2D eigenvalue weighted by molar-refractivity contribution is 0.0591. The van der Waals surface area contributed by atoms with Crippen molar-refractivity contribution in [2.75, 3.05) is 31.5 Å². The molecular formula is C34H40N6. The zero-order valence-corrected chi connectivity index (χ0v) is 24.0. The maximum absolute atomic E-state index is 4.91. The molecule has 0 radical (unpaired) electrons. The van der Waals surface area contributed by atoms with Crippen LogP contribution in [0.15, 0.2) is 79.3 Å². The van der Waals surface area contributed by atoms with Gasteiger partial charge in [0.15, 0.2) is 0 Å². The van der Waals surface area contributed by atoms with Crippen LogP contribution in [0.1, 0.15) is 45.6 Å². The second kappa shape index (κ2) is 11.5. The lowest BCUT2D eigenvalue weighted by Gasteiger charge is -2.42. The normalized spacial score (nSPS) is 17.0. The summed E-state index contributed by atoms with van der Waals surface area (Å²) in [6.45, 7) is 12.4. The van der Waals surface area contributed by atoms with Gasteiger partial charge in [0.05, 0.1) is 11.4 Å². The Morgan fingerprint density at radius 3 is 2.30 bits per heavy atom. The highest BCUT2D eigenvalue weighted by Gasteiger charge is 2.25. The minimum atomic E-state index is 0.241. The standard InChI is InChI=1S/C34H40N6/c1-34(2,3)40-16-14-39(15-17-40)24-25-8-6-9-26(18-25)28-19-29(23-35-22-28)27-20-32(31-12-4-5-13-36-31)38-33(21-27)37-30-10-7-11-30/h4-6,8-9,12-13,18-23,30H,7,10-11,14-17,24H2,1-3H3,(H,37,38). The highest BCUT2D eigenvalue weighted by Crippen LogP contribution is 2.31. The molecule has 1 aliphatic carbocycles. The van der Waals surface area contributed by atoms with Crippen LogP contribution >= 0.6 is 0 Å². The first-order chi connectivity index (χ1) is 19.4. The Morgan fingerprint density at radius 2 is 1.60 bits per heavy atom. The van der Waals surface area contributed by atoms with E-state index in [2.05, 4.69) is 88.3 Å². The molecule has 1 aromatic carbocycles. The van der Waals surface area contributed by atoms with E-state index >= 15 is 0 Å². The van der Waals surface area contributed by atoms with Crippen LogP contribution in [0.3, 0.4) is 0 Å². The minimum absolute atomic E-state index is 0.241. The van der Waals surface area contributed by atoms with Crippen LogP contribution in [0.4, 0.5) is 5.82 Å². The average Bonchev–Trinajstić information content (AvgIpc) is 2.95. The Balaban J connectivity index is 1.24. The molecule has 3 aromatic heterocycles. The number of aromatic nitrogens is 3. The van der Waals surface area contributed by atoms with Crippen molar-refractivity contribution in [3.8, 4) is 33.6 Å². The molecule has 1 saturated carbocycles. The summed E-state index contributed by atoms with van der Waals surface area (Å²) < 4.78 is 0. The molecule has 0 bridgehead atoms. The van der Waals surface area contributed by atoms with Gasteiger partial charge in [0.2, 0.25) is 0 Å². The molecule has 6 rings (SSSR count). The zero-order valence-electron chi connectivity index (χ0n) is 24.0. The van der Waals surface area contributed by atoms with Gasteiger partial charge in [0.1, 0.15) is 5.82 Å². The van der Waals surface area contributed by atoms with E-state index in [-0.39, 0.29) is 5.54 Å². The lowest BCUT2D eigenvalue weighted by atomic mass is 9.93. The molecule has 0 atom stereocenters. The fraction of sp³-hybridized carbons (Fsp3) is 0.382. The molecule has 2 aliphatic rings. The van der Waals surface area contributed by atoms with Crippen LogP contribution in [-0.4, -0.2) is 62.5 Å². The SMILES string of the molecule is CC(C)(C)N1CCN(Cc2cccc(-c3cncc(-c4cc(NC5CCC5)nc(-c5ccccn5)c4)c3)c2)CC1. The molecule has 206 valence electrons. The summed E-state index contributed by atoms with van der Waals surface area (Å²) in [6.07, 6.45) is 9.42. The third kappa shape index (κ3) is 6.24. The number of nitrogens with one attached hydrogen (secondary N) is 1. The topological polar surface area (TPSA) is 57.2 Å². The molecule has 4 heterocycles. The van der Waals surface area contributed by atoms with E-state index in [1.807, 2.05) is 36.8 Å². The summed E-state index contributed by atoms with van der Waals surface area (Å²) in [7, 11) is 0. The van der Waals surface area contributed by atoms with Gasteiger partial charge in [-0.15, -0.1) is 0 Å². The summed E-state index contributed by atoms with van der Waals surface area (Å²) in [5, 5.41) is 3.64. The number of piperazine rings is 1. The van der Waals surface area contributed by atoms with Crippen molar-refractivity contribution in [3.63, 3.8) is 0 Å². The van der Waals surface area contributed by atoms with E-state index < -0.39 is 0 Å². The molecule has 0 unspecified atom stereocenters. The Morgan fingerprint density at radius 1 is 0.800 bits per heavy atom. The van der Waals surface area contributed by atoms with Crippen LogP contribution in [0, 0.1) is 0 Å². The summed E-state index contributed by atoms with van der Waals surface area (Å²) in [5.41, 5.74) is 7.84. The largest absolute Gasteiger partial charge is 0.367 e. The number of pyridine rings is 3. The number of hydrogen-bond donors (Lipinski definition) is 1. The van der Waals surface area contributed by atoms with Gasteiger partial charge in [0.25, 0.3) is 0 Å². The summed E-state index contributed by atoms with van der Waals surface area (Å²) in [5.74, 6) is 0.904. The maximum Gasteiger partial charge on any atom is 0.127 e. The van der Waals surface area contributed by atoms with Gasteiger partial charge in [-0.3, -0.25) is 19.8 Å². The van der Waals surface area contributed by atoms with Crippen molar-refractivity contribution < 1.29 is 0 Å². The molecule has 1 saturated heterocycles. The monoisotopic (exact) mass is 532 g/mol. The first-order valence-corrected chi connectivity index (χ1v) is 14.6. The summed E-state index contributed by atoms with van der Waals surface area (Å²) >= 11 is 0. The van der Waals surface area contributed by atoms with E-state index in [1.165, 1.54) is 30.4 Å². The molecule has 40 heavy (non-hydrogen) atoms. The number of hydrogen-bond acceptors (Lipinski definition) is 6. The molecule has 6 heteroatoms. The molecule has 0 amide bonds. The number of anilines is 1. The average molecular weight is 533 g/mol. The van der Waals surface area contributed by atoms with Crippen molar-refractivity contribution in [1.29, 1.82) is 0 Å². The smallest absolute Gasteiger partial charge is 0.127 e. The van der Waals surface area contributed by atoms with Gasteiger partial charge >= 0.3 is 0 Å². The van der Waals surface area contributed by atoms with Crippen molar-refractivity contribution >= 4 is 5.82 Å². The predicted octanol–water partition coefficient (Wildman–Crippen LogP) is 6.75. The first kappa shape index (κ1) is 26.6. The van der Waals surface area contributed by atoms with E-state index in [0.29, 0.717) is 6.04 Å². The Bertz CT molecular complexity index is 1430. The summed E-state index contributed by atoms with van der Waals surface area (Å²) in [4.78, 5) is 19.3. The molecule has 4 aromatic rings. The van der Waals surface area contributed by atoms with Gasteiger partial charge in [-0.25, -0.2) is 4.98 Å². The van der Waals surface area contributed by atoms with Crippen LogP contribution in [0.25, 0.3) is 33.6 Å². The third-order valence-corrected chi connectivity index (χ3v) is 8.27. The first-order valence-electron chi connectivity index (χ1n) is 14.6. The van der Waals surface area contributed by atoms with E-state index in [4.69, 9.17) is 4.98 Å². The van der Waals surface area contributed by atoms with E-state index in [1.54, 1.807) is 0 Å². The van der Waals surface area contributed by atoms with Crippen LogP contribution in [-0.2, 0) is 6.54 Å². The second-order valence-electron chi connectivity index (χ2n) is 12.2. The highest BCUT2D eigenvalue weighted by atomic mass is 15.3. The van der Waals surface area contributed by atoms with Crippen molar-refractivity contribution in [2.45, 2.75) is 58.2 Å². The Hall–Kier alpha value is -3.61. The molecule has 0 spiro atoms. The van der Waals surface area contributed by atoms with Crippen molar-refractivity contribution in [2.24, 2.45) is 0 Å². The molecule has 1 aliphatic heterocycles.